The summed E-state index contributed by atoms with van der Waals surface area (Å²) in [5.41, 5.74) is 2.01. The lowest BCUT2D eigenvalue weighted by atomic mass is 10.1. The summed E-state index contributed by atoms with van der Waals surface area (Å²) in [4.78, 5) is 26.5. The van der Waals surface area contributed by atoms with Gasteiger partial charge in [-0.1, -0.05) is 29.8 Å². The minimum Gasteiger partial charge on any atom is -0.484 e. The van der Waals surface area contributed by atoms with Crippen molar-refractivity contribution in [3.8, 4) is 5.75 Å². The predicted octanol–water partition coefficient (Wildman–Crippen LogP) is 3.07. The van der Waals surface area contributed by atoms with Gasteiger partial charge in [-0.15, -0.1) is 0 Å². The number of nitrogens with zero attached hydrogens (tertiary/aromatic N) is 1. The number of rotatable bonds is 8. The molecule has 1 atom stereocenters. The molecule has 0 fully saturated rings. The Morgan fingerprint density at radius 2 is 1.89 bits per heavy atom. The first kappa shape index (κ1) is 20.4. The molecule has 0 aromatic heterocycles. The van der Waals surface area contributed by atoms with E-state index in [9.17, 15) is 14.0 Å². The number of nitrogens with one attached hydrogen (secondary N) is 1. The van der Waals surface area contributed by atoms with Crippen LogP contribution in [-0.4, -0.2) is 35.9 Å². The maximum absolute atomic E-state index is 13.0. The van der Waals surface area contributed by atoms with Crippen LogP contribution in [0.25, 0.3) is 0 Å². The van der Waals surface area contributed by atoms with Crippen molar-refractivity contribution in [3.05, 3.63) is 65.5 Å². The summed E-state index contributed by atoms with van der Waals surface area (Å²) in [5, 5.41) is 2.74. The van der Waals surface area contributed by atoms with Crippen LogP contribution in [0.1, 0.15) is 25.0 Å². The van der Waals surface area contributed by atoms with E-state index in [0.29, 0.717) is 18.8 Å². The number of aryl methyl sites for hydroxylation is 1. The zero-order valence-electron chi connectivity index (χ0n) is 15.9. The van der Waals surface area contributed by atoms with Crippen LogP contribution in [0, 0.1) is 12.7 Å². The first-order chi connectivity index (χ1) is 12.9. The van der Waals surface area contributed by atoms with Crippen LogP contribution in [0.15, 0.2) is 48.5 Å². The fraction of sp³-hybridized carbons (Fsp3) is 0.333. The molecule has 0 heterocycles. The van der Waals surface area contributed by atoms with Crippen LogP contribution < -0.4 is 10.1 Å². The van der Waals surface area contributed by atoms with Crippen molar-refractivity contribution in [2.24, 2.45) is 0 Å². The number of likely N-dealkylation sites (N-methyl/N-ethyl adjacent to an activating group) is 1. The van der Waals surface area contributed by atoms with Crippen LogP contribution >= 0.6 is 0 Å². The first-order valence-electron chi connectivity index (χ1n) is 8.91. The third-order valence-electron chi connectivity index (χ3n) is 4.13. The summed E-state index contributed by atoms with van der Waals surface area (Å²) in [5.74, 6) is -0.523. The monoisotopic (exact) mass is 372 g/mol. The number of carbonyl (C=O) groups is 2. The van der Waals surface area contributed by atoms with E-state index in [2.05, 4.69) is 5.32 Å². The van der Waals surface area contributed by atoms with Gasteiger partial charge in [-0.05, 0) is 50.6 Å². The van der Waals surface area contributed by atoms with Gasteiger partial charge < -0.3 is 15.0 Å². The topological polar surface area (TPSA) is 58.6 Å². The number of hydrogen-bond acceptors (Lipinski definition) is 3. The van der Waals surface area contributed by atoms with Gasteiger partial charge in [0, 0.05) is 13.1 Å². The second kappa shape index (κ2) is 9.71. The van der Waals surface area contributed by atoms with Crippen LogP contribution in [0.3, 0.4) is 0 Å². The molecule has 2 amide bonds. The van der Waals surface area contributed by atoms with E-state index >= 15 is 0 Å². The molecule has 5 nitrogen and oxygen atoms in total. The Bertz CT molecular complexity index is 777. The zero-order valence-corrected chi connectivity index (χ0v) is 15.9. The van der Waals surface area contributed by atoms with Crippen molar-refractivity contribution in [2.45, 2.75) is 33.4 Å². The average Bonchev–Trinajstić information content (AvgIpc) is 2.65. The van der Waals surface area contributed by atoms with Gasteiger partial charge >= 0.3 is 0 Å². The van der Waals surface area contributed by atoms with Gasteiger partial charge in [0.15, 0.2) is 6.61 Å². The SMILES string of the molecule is CCNC(=O)[C@@H](C)N(Cc1cccc(C)c1)C(=O)COc1ccc(F)cc1. The molecule has 0 aliphatic rings. The van der Waals surface area contributed by atoms with E-state index in [4.69, 9.17) is 4.74 Å². The molecular formula is C21H25FN2O3. The molecule has 0 aliphatic heterocycles. The third kappa shape index (κ3) is 6.09. The van der Waals surface area contributed by atoms with E-state index in [-0.39, 0.29) is 24.2 Å². The average molecular weight is 372 g/mol. The molecule has 0 bridgehead atoms. The molecule has 2 aromatic carbocycles. The number of amides is 2. The highest BCUT2D eigenvalue weighted by atomic mass is 19.1. The summed E-state index contributed by atoms with van der Waals surface area (Å²) >= 11 is 0. The molecule has 0 radical (unpaired) electrons. The standard InChI is InChI=1S/C21H25FN2O3/c1-4-23-21(26)16(3)24(13-17-7-5-6-15(2)12-17)20(25)14-27-19-10-8-18(22)9-11-19/h5-12,16H,4,13-14H2,1-3H3,(H,23,26)/t16-/m1/s1. The molecule has 2 aromatic rings. The summed E-state index contributed by atoms with van der Waals surface area (Å²) < 4.78 is 18.4. The van der Waals surface area contributed by atoms with Crippen LogP contribution in [-0.2, 0) is 16.1 Å². The van der Waals surface area contributed by atoms with Gasteiger partial charge in [0.2, 0.25) is 5.91 Å². The minimum absolute atomic E-state index is 0.222. The van der Waals surface area contributed by atoms with Crippen molar-refractivity contribution in [2.75, 3.05) is 13.2 Å². The van der Waals surface area contributed by atoms with Crippen molar-refractivity contribution in [3.63, 3.8) is 0 Å². The molecule has 0 saturated heterocycles. The van der Waals surface area contributed by atoms with Gasteiger partial charge in [-0.2, -0.15) is 0 Å². The molecule has 0 aliphatic carbocycles. The largest absolute Gasteiger partial charge is 0.484 e. The summed E-state index contributed by atoms with van der Waals surface area (Å²) in [6.45, 7) is 6.04. The van der Waals surface area contributed by atoms with Crippen molar-refractivity contribution in [1.29, 1.82) is 0 Å². The van der Waals surface area contributed by atoms with Gasteiger partial charge in [0.1, 0.15) is 17.6 Å². The quantitative estimate of drug-likeness (QED) is 0.775. The lowest BCUT2D eigenvalue weighted by molar-refractivity contribution is -0.142. The van der Waals surface area contributed by atoms with Crippen molar-refractivity contribution < 1.29 is 18.7 Å². The fourth-order valence-corrected chi connectivity index (χ4v) is 2.67. The molecule has 144 valence electrons. The Labute approximate surface area is 159 Å². The van der Waals surface area contributed by atoms with Gasteiger partial charge in [0.25, 0.3) is 5.91 Å². The second-order valence-electron chi connectivity index (χ2n) is 6.32. The normalized spacial score (nSPS) is 11.6. The number of benzene rings is 2. The van der Waals surface area contributed by atoms with E-state index in [1.807, 2.05) is 38.1 Å². The lowest BCUT2D eigenvalue weighted by Crippen LogP contribution is -2.49. The highest BCUT2D eigenvalue weighted by Crippen LogP contribution is 2.14. The van der Waals surface area contributed by atoms with E-state index < -0.39 is 6.04 Å². The highest BCUT2D eigenvalue weighted by molar-refractivity contribution is 5.87. The second-order valence-corrected chi connectivity index (χ2v) is 6.32. The number of ether oxygens (including phenoxy) is 1. The first-order valence-corrected chi connectivity index (χ1v) is 8.91. The summed E-state index contributed by atoms with van der Waals surface area (Å²) in [6.07, 6.45) is 0. The lowest BCUT2D eigenvalue weighted by Gasteiger charge is -2.28. The number of hydrogen-bond donors (Lipinski definition) is 1. The van der Waals surface area contributed by atoms with Gasteiger partial charge in [0.05, 0.1) is 0 Å². The van der Waals surface area contributed by atoms with Crippen LogP contribution in [0.4, 0.5) is 4.39 Å². The van der Waals surface area contributed by atoms with Gasteiger partial charge in [-0.3, -0.25) is 9.59 Å². The van der Waals surface area contributed by atoms with E-state index in [1.54, 1.807) is 6.92 Å². The minimum atomic E-state index is -0.644. The van der Waals surface area contributed by atoms with E-state index in [1.165, 1.54) is 29.2 Å². The number of halogens is 1. The molecule has 0 saturated carbocycles. The Morgan fingerprint density at radius 3 is 2.52 bits per heavy atom. The smallest absolute Gasteiger partial charge is 0.261 e. The molecule has 27 heavy (non-hydrogen) atoms. The predicted molar refractivity (Wildman–Crippen MR) is 102 cm³/mol. The Balaban J connectivity index is 2.12. The van der Waals surface area contributed by atoms with E-state index in [0.717, 1.165) is 11.1 Å². The maximum atomic E-state index is 13.0. The molecule has 2 rings (SSSR count). The van der Waals surface area contributed by atoms with Crippen LogP contribution in [0.5, 0.6) is 5.75 Å². The maximum Gasteiger partial charge on any atom is 0.261 e. The van der Waals surface area contributed by atoms with Crippen molar-refractivity contribution in [1.82, 2.24) is 10.2 Å². The number of carbonyl (C=O) groups excluding carboxylic acids is 2. The Morgan fingerprint density at radius 1 is 1.19 bits per heavy atom. The highest BCUT2D eigenvalue weighted by Gasteiger charge is 2.26. The Kier molecular flexibility index (Phi) is 7.34. The Hall–Kier alpha value is -2.89. The zero-order chi connectivity index (χ0) is 19.8. The van der Waals surface area contributed by atoms with Gasteiger partial charge in [-0.25, -0.2) is 4.39 Å². The van der Waals surface area contributed by atoms with Crippen molar-refractivity contribution >= 4 is 11.8 Å². The third-order valence-corrected chi connectivity index (χ3v) is 4.13. The summed E-state index contributed by atoms with van der Waals surface area (Å²) in [7, 11) is 0. The molecule has 0 spiro atoms. The summed E-state index contributed by atoms with van der Waals surface area (Å²) in [6, 6.07) is 12.6. The molecule has 0 unspecified atom stereocenters. The molecule has 1 N–H and O–H groups in total. The van der Waals surface area contributed by atoms with Crippen LogP contribution in [0.2, 0.25) is 0 Å². The fourth-order valence-electron chi connectivity index (χ4n) is 2.67. The molecule has 6 heteroatoms. The molecular weight excluding hydrogens is 347 g/mol.